The third-order valence-corrected chi connectivity index (χ3v) is 6.99. The van der Waals surface area contributed by atoms with Crippen LogP contribution in [0.15, 0.2) is 53.7 Å². The van der Waals surface area contributed by atoms with Gasteiger partial charge in [-0.3, -0.25) is 4.79 Å². The van der Waals surface area contributed by atoms with E-state index in [1.54, 1.807) is 4.52 Å². The van der Waals surface area contributed by atoms with Crippen molar-refractivity contribution in [2.45, 2.75) is 31.5 Å². The predicted octanol–water partition coefficient (Wildman–Crippen LogP) is 4.03. The van der Waals surface area contributed by atoms with Crippen LogP contribution in [0.2, 0.25) is 5.02 Å². The average Bonchev–Trinajstić information content (AvgIpc) is 3.28. The monoisotopic (exact) mass is 509 g/mol. The van der Waals surface area contributed by atoms with Crippen molar-refractivity contribution in [3.8, 4) is 11.5 Å². The minimum Gasteiger partial charge on any atom is -0.486 e. The van der Waals surface area contributed by atoms with Crippen LogP contribution in [0.1, 0.15) is 22.5 Å². The minimum atomic E-state index is -0.237. The maximum Gasteiger partial charge on any atom is 0.253 e. The zero-order valence-corrected chi connectivity index (χ0v) is 20.9. The molecule has 8 nitrogen and oxygen atoms in total. The standard InChI is InChI=1S/C25H24ClN5O3S/c1-15-19(11-17-7-3-4-8-20(17)26)16(2)31-24(28-15)29-25(30-31)35-14-23(32)27-12-18-13-33-21-9-5-6-10-22(21)34-18/h3-10,18H,11-14H2,1-2H3,(H,27,32)/t18-/m0/s1. The Labute approximate surface area is 212 Å². The summed E-state index contributed by atoms with van der Waals surface area (Å²) in [7, 11) is 0. The Morgan fingerprint density at radius 2 is 1.91 bits per heavy atom. The van der Waals surface area contributed by atoms with Crippen LogP contribution in [0.4, 0.5) is 0 Å². The number of carbonyl (C=O) groups excluding carboxylic acids is 1. The molecule has 10 heteroatoms. The second-order valence-electron chi connectivity index (χ2n) is 8.23. The molecule has 1 amide bonds. The van der Waals surface area contributed by atoms with Gasteiger partial charge in [-0.15, -0.1) is 5.10 Å². The lowest BCUT2D eigenvalue weighted by Crippen LogP contribution is -2.41. The van der Waals surface area contributed by atoms with Gasteiger partial charge in [-0.1, -0.05) is 53.7 Å². The first kappa shape index (κ1) is 23.4. The summed E-state index contributed by atoms with van der Waals surface area (Å²) in [6.07, 6.45) is 0.418. The third kappa shape index (κ3) is 5.21. The van der Waals surface area contributed by atoms with E-state index in [4.69, 9.17) is 21.1 Å². The molecule has 5 rings (SSSR count). The number of hydrogen-bond donors (Lipinski definition) is 1. The summed E-state index contributed by atoms with van der Waals surface area (Å²) in [5.74, 6) is 1.98. The van der Waals surface area contributed by atoms with Crippen molar-refractivity contribution in [2.75, 3.05) is 18.9 Å². The highest BCUT2D eigenvalue weighted by Gasteiger charge is 2.21. The molecule has 0 radical (unpaired) electrons. The van der Waals surface area contributed by atoms with E-state index >= 15 is 0 Å². The lowest BCUT2D eigenvalue weighted by atomic mass is 10.0. The number of benzene rings is 2. The molecule has 1 N–H and O–H groups in total. The lowest BCUT2D eigenvalue weighted by Gasteiger charge is -2.26. The lowest BCUT2D eigenvalue weighted by molar-refractivity contribution is -0.119. The Kier molecular flexibility index (Phi) is 6.79. The van der Waals surface area contributed by atoms with Crippen molar-refractivity contribution in [1.82, 2.24) is 24.9 Å². The van der Waals surface area contributed by atoms with E-state index in [2.05, 4.69) is 20.4 Å². The number of aromatic nitrogens is 4. The number of para-hydroxylation sites is 2. The number of halogens is 1. The van der Waals surface area contributed by atoms with E-state index in [9.17, 15) is 4.79 Å². The molecular weight excluding hydrogens is 486 g/mol. The van der Waals surface area contributed by atoms with Gasteiger partial charge in [0.1, 0.15) is 12.7 Å². The predicted molar refractivity (Wildman–Crippen MR) is 135 cm³/mol. The fourth-order valence-electron chi connectivity index (χ4n) is 3.91. The largest absolute Gasteiger partial charge is 0.486 e. The number of nitrogens with one attached hydrogen (secondary N) is 1. The number of nitrogens with zero attached hydrogens (tertiary/aromatic N) is 4. The molecule has 1 atom stereocenters. The molecule has 4 aromatic rings. The van der Waals surface area contributed by atoms with Gasteiger partial charge in [0, 0.05) is 22.8 Å². The van der Waals surface area contributed by atoms with Crippen LogP contribution in [-0.4, -0.2) is 50.5 Å². The van der Waals surface area contributed by atoms with Gasteiger partial charge in [-0.05, 0) is 43.2 Å². The summed E-state index contributed by atoms with van der Waals surface area (Å²) >= 11 is 7.63. The van der Waals surface area contributed by atoms with Gasteiger partial charge in [0.25, 0.3) is 5.78 Å². The summed E-state index contributed by atoms with van der Waals surface area (Å²) in [5, 5.41) is 8.69. The minimum absolute atomic E-state index is 0.128. The second-order valence-corrected chi connectivity index (χ2v) is 9.58. The number of carbonyl (C=O) groups is 1. The summed E-state index contributed by atoms with van der Waals surface area (Å²) in [6, 6.07) is 15.3. The van der Waals surface area contributed by atoms with Crippen LogP contribution >= 0.6 is 23.4 Å². The Morgan fingerprint density at radius 3 is 2.74 bits per heavy atom. The molecule has 0 unspecified atom stereocenters. The van der Waals surface area contributed by atoms with Crippen molar-refractivity contribution in [2.24, 2.45) is 0 Å². The van der Waals surface area contributed by atoms with Gasteiger partial charge in [-0.2, -0.15) is 4.98 Å². The molecule has 180 valence electrons. The number of rotatable bonds is 7. The molecule has 0 fully saturated rings. The van der Waals surface area contributed by atoms with Crippen LogP contribution in [-0.2, 0) is 11.2 Å². The van der Waals surface area contributed by atoms with Crippen molar-refractivity contribution >= 4 is 35.0 Å². The zero-order valence-electron chi connectivity index (χ0n) is 19.3. The van der Waals surface area contributed by atoms with E-state index in [1.807, 2.05) is 62.4 Å². The quantitative estimate of drug-likeness (QED) is 0.376. The molecule has 2 aromatic carbocycles. The van der Waals surface area contributed by atoms with Crippen LogP contribution in [0.3, 0.4) is 0 Å². The third-order valence-electron chi connectivity index (χ3n) is 5.78. The SMILES string of the molecule is Cc1nc2nc(SCC(=O)NC[C@H]3COc4ccccc4O3)nn2c(C)c1Cc1ccccc1Cl. The maximum atomic E-state index is 12.4. The van der Waals surface area contributed by atoms with E-state index in [-0.39, 0.29) is 17.8 Å². The molecule has 35 heavy (non-hydrogen) atoms. The first-order valence-electron chi connectivity index (χ1n) is 11.2. The van der Waals surface area contributed by atoms with Crippen molar-refractivity contribution in [3.63, 3.8) is 0 Å². The first-order valence-corrected chi connectivity index (χ1v) is 12.6. The van der Waals surface area contributed by atoms with Gasteiger partial charge in [0.15, 0.2) is 11.5 Å². The molecule has 2 aromatic heterocycles. The van der Waals surface area contributed by atoms with Crippen LogP contribution in [0.5, 0.6) is 11.5 Å². The van der Waals surface area contributed by atoms with Crippen molar-refractivity contribution < 1.29 is 14.3 Å². The molecule has 0 bridgehead atoms. The molecule has 0 spiro atoms. The molecule has 3 heterocycles. The first-order chi connectivity index (χ1) is 17.0. The average molecular weight is 510 g/mol. The Hall–Kier alpha value is -3.30. The van der Waals surface area contributed by atoms with Gasteiger partial charge < -0.3 is 14.8 Å². The van der Waals surface area contributed by atoms with E-state index in [1.165, 1.54) is 11.8 Å². The number of thioether (sulfide) groups is 1. The number of hydrogen-bond acceptors (Lipinski definition) is 7. The van der Waals surface area contributed by atoms with E-state index < -0.39 is 0 Å². The highest BCUT2D eigenvalue weighted by molar-refractivity contribution is 7.99. The van der Waals surface area contributed by atoms with E-state index in [0.717, 1.165) is 33.3 Å². The van der Waals surface area contributed by atoms with E-state index in [0.29, 0.717) is 36.3 Å². The molecular formula is C25H24ClN5O3S. The fraction of sp³-hybridized carbons (Fsp3) is 0.280. The van der Waals surface area contributed by atoms with Crippen molar-refractivity contribution in [3.05, 3.63) is 76.1 Å². The van der Waals surface area contributed by atoms with Crippen LogP contribution in [0.25, 0.3) is 5.78 Å². The second kappa shape index (κ2) is 10.1. The van der Waals surface area contributed by atoms with Crippen LogP contribution in [0, 0.1) is 13.8 Å². The Morgan fingerprint density at radius 1 is 1.14 bits per heavy atom. The van der Waals surface area contributed by atoms with Crippen molar-refractivity contribution in [1.29, 1.82) is 0 Å². The number of aryl methyl sites for hydroxylation is 2. The highest BCUT2D eigenvalue weighted by Crippen LogP contribution is 2.30. The number of ether oxygens (including phenoxy) is 2. The van der Waals surface area contributed by atoms with Crippen LogP contribution < -0.4 is 14.8 Å². The molecule has 1 aliphatic rings. The smallest absolute Gasteiger partial charge is 0.253 e. The summed E-state index contributed by atoms with van der Waals surface area (Å²) in [4.78, 5) is 21.5. The molecule has 0 aliphatic carbocycles. The molecule has 0 saturated carbocycles. The van der Waals surface area contributed by atoms with Gasteiger partial charge in [0.05, 0.1) is 12.3 Å². The van der Waals surface area contributed by atoms with Gasteiger partial charge in [0.2, 0.25) is 11.1 Å². The summed E-state index contributed by atoms with van der Waals surface area (Å²) < 4.78 is 13.3. The Balaban J connectivity index is 1.20. The summed E-state index contributed by atoms with van der Waals surface area (Å²) in [6.45, 7) is 4.70. The topological polar surface area (TPSA) is 90.6 Å². The summed E-state index contributed by atoms with van der Waals surface area (Å²) in [5.41, 5.74) is 3.92. The molecule has 1 aliphatic heterocycles. The Bertz CT molecular complexity index is 1390. The fourth-order valence-corrected chi connectivity index (χ4v) is 4.76. The molecule has 0 saturated heterocycles. The number of fused-ring (bicyclic) bond motifs is 2. The normalized spacial score (nSPS) is 14.8. The number of amides is 1. The highest BCUT2D eigenvalue weighted by atomic mass is 35.5. The maximum absolute atomic E-state index is 12.4. The van der Waals surface area contributed by atoms with Gasteiger partial charge >= 0.3 is 0 Å². The van der Waals surface area contributed by atoms with Gasteiger partial charge in [-0.25, -0.2) is 9.50 Å². The zero-order chi connectivity index (χ0) is 24.4.